The summed E-state index contributed by atoms with van der Waals surface area (Å²) in [5.74, 6) is 1.40. The average Bonchev–Trinajstić information content (AvgIpc) is 2.64. The van der Waals surface area contributed by atoms with Crippen molar-refractivity contribution < 1.29 is 0 Å². The maximum Gasteiger partial charge on any atom is 0.0917 e. The maximum absolute atomic E-state index is 3.50. The van der Waals surface area contributed by atoms with E-state index in [0.717, 1.165) is 13.1 Å². The summed E-state index contributed by atoms with van der Waals surface area (Å²) in [5, 5.41) is 6.74. The molecule has 2 nitrogen and oxygen atoms in total. The predicted molar refractivity (Wildman–Crippen MR) is 77.5 cm³/mol. The van der Waals surface area contributed by atoms with Crippen LogP contribution in [0.25, 0.3) is 0 Å². The van der Waals surface area contributed by atoms with Crippen molar-refractivity contribution in [2.75, 3.05) is 32.1 Å². The molecule has 1 atom stereocenters. The van der Waals surface area contributed by atoms with E-state index in [4.69, 9.17) is 0 Å². The molecule has 1 unspecified atom stereocenters. The molecule has 0 aromatic carbocycles. The fourth-order valence-corrected chi connectivity index (χ4v) is 3.12. The summed E-state index contributed by atoms with van der Waals surface area (Å²) < 4.78 is 1.18. The number of hydrogen-bond acceptors (Lipinski definition) is 3. The Bertz CT molecular complexity index is 312. The zero-order valence-electron chi connectivity index (χ0n) is 10.5. The molecule has 1 aromatic rings. The highest BCUT2D eigenvalue weighted by Gasteiger charge is 2.15. The molecule has 92 valence electrons. The molecule has 4 heteroatoms. The van der Waals surface area contributed by atoms with Gasteiger partial charge in [-0.05, 0) is 47.4 Å². The number of nitrogens with one attached hydrogen (secondary N) is 1. The van der Waals surface area contributed by atoms with Crippen LogP contribution >= 0.6 is 27.3 Å². The van der Waals surface area contributed by atoms with Crippen LogP contribution in [-0.4, -0.2) is 27.2 Å². The van der Waals surface area contributed by atoms with Gasteiger partial charge < -0.3 is 10.2 Å². The molecule has 0 aliphatic carbocycles. The van der Waals surface area contributed by atoms with Crippen LogP contribution in [0, 0.1) is 11.8 Å². The third-order valence-corrected chi connectivity index (χ3v) is 4.65. The first-order chi connectivity index (χ1) is 7.54. The van der Waals surface area contributed by atoms with E-state index in [1.54, 1.807) is 11.3 Å². The standard InChI is InChI=1S/C12H21BrN2S/c1-9(2)10(6-14-3)7-15(4)12-5-11(13)8-16-12/h5,8-10,14H,6-7H2,1-4H3. The van der Waals surface area contributed by atoms with Crippen LogP contribution in [0.3, 0.4) is 0 Å². The van der Waals surface area contributed by atoms with Crippen LogP contribution in [0.15, 0.2) is 15.9 Å². The highest BCUT2D eigenvalue weighted by molar-refractivity contribution is 9.10. The fourth-order valence-electron chi connectivity index (χ4n) is 1.72. The van der Waals surface area contributed by atoms with E-state index in [2.05, 4.69) is 58.5 Å². The van der Waals surface area contributed by atoms with Crippen molar-refractivity contribution in [3.63, 3.8) is 0 Å². The van der Waals surface area contributed by atoms with Gasteiger partial charge in [-0.1, -0.05) is 13.8 Å². The summed E-state index contributed by atoms with van der Waals surface area (Å²) in [6.45, 7) is 6.76. The molecule has 16 heavy (non-hydrogen) atoms. The van der Waals surface area contributed by atoms with E-state index in [1.807, 2.05) is 7.05 Å². The van der Waals surface area contributed by atoms with Crippen molar-refractivity contribution in [1.82, 2.24) is 5.32 Å². The minimum atomic E-state index is 0.691. The normalized spacial score (nSPS) is 13.1. The Hall–Kier alpha value is -0.0600. The Balaban J connectivity index is 2.57. The molecule has 0 fully saturated rings. The van der Waals surface area contributed by atoms with Gasteiger partial charge in [-0.15, -0.1) is 11.3 Å². The van der Waals surface area contributed by atoms with Gasteiger partial charge in [0, 0.05) is 23.4 Å². The molecule has 0 radical (unpaired) electrons. The summed E-state index contributed by atoms with van der Waals surface area (Å²) >= 11 is 5.29. The molecular formula is C12H21BrN2S. The SMILES string of the molecule is CNCC(CN(C)c1cc(Br)cs1)C(C)C. The average molecular weight is 305 g/mol. The summed E-state index contributed by atoms with van der Waals surface area (Å²) in [5.41, 5.74) is 0. The molecule has 1 rings (SSSR count). The maximum atomic E-state index is 3.50. The van der Waals surface area contributed by atoms with Crippen LogP contribution in [-0.2, 0) is 0 Å². The van der Waals surface area contributed by atoms with Crippen LogP contribution in [0.5, 0.6) is 0 Å². The smallest absolute Gasteiger partial charge is 0.0917 e. The first-order valence-electron chi connectivity index (χ1n) is 5.64. The van der Waals surface area contributed by atoms with Crippen LogP contribution in [0.1, 0.15) is 13.8 Å². The van der Waals surface area contributed by atoms with E-state index >= 15 is 0 Å². The topological polar surface area (TPSA) is 15.3 Å². The second-order valence-corrected chi connectivity index (χ2v) is 6.35. The summed E-state index contributed by atoms with van der Waals surface area (Å²) in [6.07, 6.45) is 0. The second kappa shape index (κ2) is 6.62. The Kier molecular flexibility index (Phi) is 5.79. The second-order valence-electron chi connectivity index (χ2n) is 4.55. The first kappa shape index (κ1) is 14.0. The summed E-state index contributed by atoms with van der Waals surface area (Å²) in [6, 6.07) is 2.18. The molecule has 0 amide bonds. The van der Waals surface area contributed by atoms with Crippen molar-refractivity contribution in [2.45, 2.75) is 13.8 Å². The lowest BCUT2D eigenvalue weighted by Crippen LogP contribution is -2.34. The van der Waals surface area contributed by atoms with Crippen LogP contribution in [0.2, 0.25) is 0 Å². The number of hydrogen-bond donors (Lipinski definition) is 1. The van der Waals surface area contributed by atoms with E-state index in [9.17, 15) is 0 Å². The predicted octanol–water partition coefficient (Wildman–Crippen LogP) is 3.44. The molecule has 0 saturated heterocycles. The minimum Gasteiger partial charge on any atom is -0.366 e. The van der Waals surface area contributed by atoms with E-state index in [-0.39, 0.29) is 0 Å². The molecule has 1 aromatic heterocycles. The number of anilines is 1. The largest absolute Gasteiger partial charge is 0.366 e. The van der Waals surface area contributed by atoms with Gasteiger partial charge >= 0.3 is 0 Å². The van der Waals surface area contributed by atoms with Crippen LogP contribution in [0.4, 0.5) is 5.00 Å². The lowest BCUT2D eigenvalue weighted by atomic mass is 9.95. The fraction of sp³-hybridized carbons (Fsp3) is 0.667. The lowest BCUT2D eigenvalue weighted by molar-refractivity contribution is 0.377. The zero-order chi connectivity index (χ0) is 12.1. The number of nitrogens with zero attached hydrogens (tertiary/aromatic N) is 1. The zero-order valence-corrected chi connectivity index (χ0v) is 12.9. The number of halogens is 1. The van der Waals surface area contributed by atoms with Gasteiger partial charge in [-0.3, -0.25) is 0 Å². The molecule has 1 heterocycles. The molecule has 0 spiro atoms. The van der Waals surface area contributed by atoms with Gasteiger partial charge in [0.1, 0.15) is 0 Å². The van der Waals surface area contributed by atoms with Gasteiger partial charge in [-0.2, -0.15) is 0 Å². The number of thiophene rings is 1. The van der Waals surface area contributed by atoms with Crippen LogP contribution < -0.4 is 10.2 Å². The van der Waals surface area contributed by atoms with Gasteiger partial charge in [0.15, 0.2) is 0 Å². The Morgan fingerprint density at radius 2 is 2.19 bits per heavy atom. The van der Waals surface area contributed by atoms with E-state index < -0.39 is 0 Å². The van der Waals surface area contributed by atoms with E-state index in [0.29, 0.717) is 11.8 Å². The van der Waals surface area contributed by atoms with Gasteiger partial charge in [-0.25, -0.2) is 0 Å². The summed E-state index contributed by atoms with van der Waals surface area (Å²) in [4.78, 5) is 2.34. The van der Waals surface area contributed by atoms with Gasteiger partial charge in [0.25, 0.3) is 0 Å². The number of rotatable bonds is 6. The van der Waals surface area contributed by atoms with Crippen molar-refractivity contribution in [2.24, 2.45) is 11.8 Å². The van der Waals surface area contributed by atoms with Gasteiger partial charge in [0.2, 0.25) is 0 Å². The molecular weight excluding hydrogens is 284 g/mol. The molecule has 0 aliphatic heterocycles. The van der Waals surface area contributed by atoms with Crippen molar-refractivity contribution in [3.8, 4) is 0 Å². The van der Waals surface area contributed by atoms with Crippen molar-refractivity contribution >= 4 is 32.3 Å². The first-order valence-corrected chi connectivity index (χ1v) is 7.31. The monoisotopic (exact) mass is 304 g/mol. The Labute approximate surface area is 111 Å². The lowest BCUT2D eigenvalue weighted by Gasteiger charge is -2.27. The molecule has 1 N–H and O–H groups in total. The minimum absolute atomic E-state index is 0.691. The third kappa shape index (κ3) is 4.07. The van der Waals surface area contributed by atoms with Crippen molar-refractivity contribution in [3.05, 3.63) is 15.9 Å². The van der Waals surface area contributed by atoms with Crippen molar-refractivity contribution in [1.29, 1.82) is 0 Å². The Morgan fingerprint density at radius 1 is 1.50 bits per heavy atom. The molecule has 0 saturated carbocycles. The third-order valence-electron chi connectivity index (χ3n) is 2.85. The highest BCUT2D eigenvalue weighted by Crippen LogP contribution is 2.28. The quantitative estimate of drug-likeness (QED) is 0.866. The molecule has 0 bridgehead atoms. The highest BCUT2D eigenvalue weighted by atomic mass is 79.9. The van der Waals surface area contributed by atoms with E-state index in [1.165, 1.54) is 9.47 Å². The molecule has 0 aliphatic rings. The summed E-state index contributed by atoms with van der Waals surface area (Å²) in [7, 11) is 4.19. The van der Waals surface area contributed by atoms with Gasteiger partial charge in [0.05, 0.1) is 5.00 Å². The Morgan fingerprint density at radius 3 is 2.62 bits per heavy atom.